The van der Waals surface area contributed by atoms with E-state index in [1.54, 1.807) is 11.1 Å². The molecule has 0 saturated heterocycles. The van der Waals surface area contributed by atoms with Gasteiger partial charge >= 0.3 is 5.97 Å². The second-order valence-electron chi connectivity index (χ2n) is 14.9. The Kier molecular flexibility index (Phi) is 10.4. The molecule has 4 aliphatic carbocycles. The van der Waals surface area contributed by atoms with E-state index >= 15 is 0 Å². The molecule has 0 aromatic rings. The fourth-order valence-electron chi connectivity index (χ4n) is 9.95. The molecule has 6 N–H and O–H groups in total. The Labute approximate surface area is 250 Å². The monoisotopic (exact) mass is 568 g/mol. The molecular weight excluding hydrogens is 508 g/mol. The van der Waals surface area contributed by atoms with Crippen LogP contribution in [0.15, 0.2) is 28.3 Å². The SMILES string of the molecule is C/C=C(/CC[C@@H](C)[C@H]1CC[C@H]2[C@@H]3CC=C4C[C@@H](OC(=O)[C@H](N)CCCN=C(N)N)CC[C@]4(C)[C@H]3CC[C@]12C)C(C)C. The van der Waals surface area contributed by atoms with Gasteiger partial charge in [0.15, 0.2) is 5.96 Å². The Hall–Kier alpha value is -1.82. The first kappa shape index (κ1) is 32.1. The summed E-state index contributed by atoms with van der Waals surface area (Å²) < 4.78 is 5.96. The van der Waals surface area contributed by atoms with Gasteiger partial charge in [0.1, 0.15) is 12.1 Å². The van der Waals surface area contributed by atoms with Gasteiger partial charge < -0.3 is 21.9 Å². The largest absolute Gasteiger partial charge is 0.461 e. The second-order valence-corrected chi connectivity index (χ2v) is 14.9. The number of ether oxygens (including phenoxy) is 1. The third kappa shape index (κ3) is 6.73. The quantitative estimate of drug-likeness (QED) is 0.0826. The number of guanidine groups is 1. The summed E-state index contributed by atoms with van der Waals surface area (Å²) in [6.07, 6.45) is 18.3. The van der Waals surface area contributed by atoms with Crippen LogP contribution in [0, 0.1) is 46.3 Å². The number of rotatable bonds is 11. The van der Waals surface area contributed by atoms with Crippen LogP contribution in [0.25, 0.3) is 0 Å². The molecule has 4 rings (SSSR count). The zero-order valence-electron chi connectivity index (χ0n) is 27.0. The van der Waals surface area contributed by atoms with Crippen LogP contribution in [0.3, 0.4) is 0 Å². The molecule has 0 amide bonds. The van der Waals surface area contributed by atoms with Crippen molar-refractivity contribution in [2.75, 3.05) is 6.54 Å². The summed E-state index contributed by atoms with van der Waals surface area (Å²) in [5.41, 5.74) is 20.8. The molecule has 3 fully saturated rings. The first-order chi connectivity index (χ1) is 19.4. The van der Waals surface area contributed by atoms with E-state index < -0.39 is 6.04 Å². The predicted molar refractivity (Wildman–Crippen MR) is 170 cm³/mol. The first-order valence-corrected chi connectivity index (χ1v) is 16.8. The Bertz CT molecular complexity index is 1010. The van der Waals surface area contributed by atoms with Crippen LogP contribution in [0.5, 0.6) is 0 Å². The van der Waals surface area contributed by atoms with Gasteiger partial charge in [-0.2, -0.15) is 0 Å². The second kappa shape index (κ2) is 13.2. The normalized spacial score (nSPS) is 36.4. The number of allylic oxidation sites excluding steroid dienone is 3. The van der Waals surface area contributed by atoms with E-state index in [1.165, 1.54) is 44.9 Å². The number of nitrogens with two attached hydrogens (primary N) is 3. The Morgan fingerprint density at radius 3 is 2.54 bits per heavy atom. The Balaban J connectivity index is 1.36. The van der Waals surface area contributed by atoms with Gasteiger partial charge in [0, 0.05) is 13.0 Å². The highest BCUT2D eigenvalue weighted by Crippen LogP contribution is 2.67. The van der Waals surface area contributed by atoms with Gasteiger partial charge in [0.25, 0.3) is 0 Å². The zero-order valence-corrected chi connectivity index (χ0v) is 27.0. The van der Waals surface area contributed by atoms with E-state index in [9.17, 15) is 4.79 Å². The first-order valence-electron chi connectivity index (χ1n) is 16.8. The van der Waals surface area contributed by atoms with E-state index in [2.05, 4.69) is 58.7 Å². The number of nitrogens with zero attached hydrogens (tertiary/aromatic N) is 1. The lowest BCUT2D eigenvalue weighted by Crippen LogP contribution is -2.51. The van der Waals surface area contributed by atoms with Crippen LogP contribution >= 0.6 is 0 Å². The van der Waals surface area contributed by atoms with E-state index in [-0.39, 0.29) is 23.4 Å². The molecular formula is C35H60N4O2. The van der Waals surface area contributed by atoms with Crippen molar-refractivity contribution in [3.05, 3.63) is 23.3 Å². The topological polar surface area (TPSA) is 117 Å². The average Bonchev–Trinajstić information content (AvgIpc) is 3.28. The van der Waals surface area contributed by atoms with Crippen molar-refractivity contribution in [2.24, 2.45) is 68.5 Å². The van der Waals surface area contributed by atoms with Gasteiger partial charge in [0.05, 0.1) is 0 Å². The summed E-state index contributed by atoms with van der Waals surface area (Å²) in [6, 6.07) is -0.620. The summed E-state index contributed by atoms with van der Waals surface area (Å²) in [5.74, 6) is 4.52. The molecule has 0 aromatic carbocycles. The van der Waals surface area contributed by atoms with Gasteiger partial charge in [-0.1, -0.05) is 57.9 Å². The lowest BCUT2D eigenvalue weighted by atomic mass is 9.47. The molecule has 0 aromatic heterocycles. The van der Waals surface area contributed by atoms with Crippen molar-refractivity contribution in [1.29, 1.82) is 0 Å². The minimum atomic E-state index is -0.620. The number of esters is 1. The van der Waals surface area contributed by atoms with Gasteiger partial charge in [-0.3, -0.25) is 9.79 Å². The molecule has 6 heteroatoms. The van der Waals surface area contributed by atoms with Crippen molar-refractivity contribution in [3.63, 3.8) is 0 Å². The summed E-state index contributed by atoms with van der Waals surface area (Å²) in [6.45, 7) is 15.1. The van der Waals surface area contributed by atoms with E-state index in [1.807, 2.05) is 0 Å². The highest BCUT2D eigenvalue weighted by molar-refractivity contribution is 5.76. The molecule has 0 unspecified atom stereocenters. The lowest BCUT2D eigenvalue weighted by Gasteiger charge is -2.58. The van der Waals surface area contributed by atoms with Crippen LogP contribution in [0.4, 0.5) is 0 Å². The van der Waals surface area contributed by atoms with Gasteiger partial charge in [-0.25, -0.2) is 0 Å². The third-order valence-electron chi connectivity index (χ3n) is 12.4. The smallest absolute Gasteiger partial charge is 0.323 e. The Morgan fingerprint density at radius 1 is 1.10 bits per heavy atom. The van der Waals surface area contributed by atoms with Gasteiger partial charge in [-0.15, -0.1) is 0 Å². The van der Waals surface area contributed by atoms with Crippen LogP contribution in [0.2, 0.25) is 0 Å². The van der Waals surface area contributed by atoms with E-state index in [4.69, 9.17) is 21.9 Å². The maximum absolute atomic E-state index is 12.7. The molecule has 9 atom stereocenters. The fourth-order valence-corrected chi connectivity index (χ4v) is 9.95. The molecule has 0 aliphatic heterocycles. The molecule has 232 valence electrons. The van der Waals surface area contributed by atoms with E-state index in [0.717, 1.165) is 48.9 Å². The lowest BCUT2D eigenvalue weighted by molar-refractivity contribution is -0.153. The van der Waals surface area contributed by atoms with Crippen molar-refractivity contribution < 1.29 is 9.53 Å². The minimum absolute atomic E-state index is 0.0550. The molecule has 0 bridgehead atoms. The zero-order chi connectivity index (χ0) is 29.9. The molecule has 0 heterocycles. The van der Waals surface area contributed by atoms with Crippen molar-refractivity contribution in [1.82, 2.24) is 0 Å². The van der Waals surface area contributed by atoms with Crippen LogP contribution in [-0.4, -0.2) is 30.6 Å². The van der Waals surface area contributed by atoms with Crippen LogP contribution in [0.1, 0.15) is 119 Å². The van der Waals surface area contributed by atoms with E-state index in [0.29, 0.717) is 30.7 Å². The highest BCUT2D eigenvalue weighted by atomic mass is 16.5. The maximum atomic E-state index is 12.7. The van der Waals surface area contributed by atoms with Crippen LogP contribution < -0.4 is 17.2 Å². The standard InChI is InChI=1S/C35H60N4O2/c1-7-24(22(2)3)11-10-23(4)28-14-15-29-27-13-12-25-21-26(41-32(40)31(36)9-8-20-39-33(37)38)16-18-34(25,5)30(27)17-19-35(28,29)6/h7,12,22-23,26-31H,8-11,13-21,36H2,1-6H3,(H4,37,38,39)/b24-7-/t23-,26+,27+,28-,29+,30+,31-,34+,35-/m1/s1. The molecule has 0 spiro atoms. The van der Waals surface area contributed by atoms with Crippen LogP contribution in [-0.2, 0) is 9.53 Å². The number of aliphatic imine (C=N–C) groups is 1. The average molecular weight is 569 g/mol. The summed E-state index contributed by atoms with van der Waals surface area (Å²) in [4.78, 5) is 16.7. The number of hydrogen-bond donors (Lipinski definition) is 3. The summed E-state index contributed by atoms with van der Waals surface area (Å²) in [7, 11) is 0. The van der Waals surface area contributed by atoms with Gasteiger partial charge in [-0.05, 0) is 124 Å². The number of carbonyl (C=O) groups is 1. The highest BCUT2D eigenvalue weighted by Gasteiger charge is 2.59. The fraction of sp³-hybridized carbons (Fsp3) is 0.829. The molecule has 0 radical (unpaired) electrons. The van der Waals surface area contributed by atoms with Crippen molar-refractivity contribution >= 4 is 11.9 Å². The number of fused-ring (bicyclic) bond motifs is 5. The van der Waals surface area contributed by atoms with Gasteiger partial charge in [0.2, 0.25) is 0 Å². The molecule has 3 saturated carbocycles. The molecule has 4 aliphatic rings. The maximum Gasteiger partial charge on any atom is 0.323 e. The summed E-state index contributed by atoms with van der Waals surface area (Å²) >= 11 is 0. The molecule has 6 nitrogen and oxygen atoms in total. The number of hydrogen-bond acceptors (Lipinski definition) is 4. The molecule has 41 heavy (non-hydrogen) atoms. The number of carbonyl (C=O) groups excluding carboxylic acids is 1. The van der Waals surface area contributed by atoms with Crippen molar-refractivity contribution in [3.8, 4) is 0 Å². The summed E-state index contributed by atoms with van der Waals surface area (Å²) in [5, 5.41) is 0. The minimum Gasteiger partial charge on any atom is -0.461 e. The van der Waals surface area contributed by atoms with Crippen molar-refractivity contribution in [2.45, 2.75) is 131 Å². The predicted octanol–water partition coefficient (Wildman–Crippen LogP) is 6.88. The third-order valence-corrected chi connectivity index (χ3v) is 12.4. The Morgan fingerprint density at radius 2 is 1.85 bits per heavy atom.